The van der Waals surface area contributed by atoms with Crippen LogP contribution in [0.1, 0.15) is 18.0 Å². The second-order valence-electron chi connectivity index (χ2n) is 4.41. The number of hydrogen-bond donors (Lipinski definition) is 1. The first-order chi connectivity index (χ1) is 8.40. The summed E-state index contributed by atoms with van der Waals surface area (Å²) in [5.74, 6) is 0. The Labute approximate surface area is 102 Å². The van der Waals surface area contributed by atoms with Gasteiger partial charge in [0.2, 0.25) is 0 Å². The Balaban J connectivity index is 1.85. The van der Waals surface area contributed by atoms with Gasteiger partial charge in [0.1, 0.15) is 6.04 Å². The van der Waals surface area contributed by atoms with Crippen LogP contribution < -0.4 is 5.32 Å². The maximum atomic E-state index is 10.9. The Morgan fingerprint density at radius 2 is 1.94 bits per heavy atom. The van der Waals surface area contributed by atoms with Crippen molar-refractivity contribution >= 4 is 0 Å². The fourth-order valence-corrected chi connectivity index (χ4v) is 2.20. The van der Waals surface area contributed by atoms with E-state index < -0.39 is 0 Å². The van der Waals surface area contributed by atoms with Crippen LogP contribution in [0.25, 0.3) is 0 Å². The van der Waals surface area contributed by atoms with Gasteiger partial charge in [0.05, 0.1) is 0 Å². The summed E-state index contributed by atoms with van der Waals surface area (Å²) in [6.45, 7) is 5.18. The van der Waals surface area contributed by atoms with Crippen molar-refractivity contribution in [1.82, 2.24) is 10.2 Å². The SMILES string of the molecule is O=NC(CCN1CCNCC1)c1ccccc1. The van der Waals surface area contributed by atoms with Gasteiger partial charge < -0.3 is 10.2 Å². The van der Waals surface area contributed by atoms with Crippen LogP contribution >= 0.6 is 0 Å². The van der Waals surface area contributed by atoms with Gasteiger partial charge in [-0.2, -0.15) is 4.91 Å². The van der Waals surface area contributed by atoms with Crippen molar-refractivity contribution < 1.29 is 0 Å². The van der Waals surface area contributed by atoms with Crippen molar-refractivity contribution in [2.45, 2.75) is 12.5 Å². The molecule has 0 amide bonds. The topological polar surface area (TPSA) is 44.7 Å². The molecule has 17 heavy (non-hydrogen) atoms. The number of nitrogens with zero attached hydrogens (tertiary/aromatic N) is 2. The molecule has 2 rings (SSSR count). The molecule has 1 heterocycles. The number of hydrogen-bond acceptors (Lipinski definition) is 4. The van der Waals surface area contributed by atoms with Crippen LogP contribution in [0.2, 0.25) is 0 Å². The van der Waals surface area contributed by atoms with Crippen LogP contribution in [0, 0.1) is 4.91 Å². The quantitative estimate of drug-likeness (QED) is 0.789. The summed E-state index contributed by atoms with van der Waals surface area (Å²) in [7, 11) is 0. The normalized spacial score (nSPS) is 18.8. The number of piperazine rings is 1. The van der Waals surface area contributed by atoms with Gasteiger partial charge in [0.15, 0.2) is 0 Å². The molecular weight excluding hydrogens is 214 g/mol. The predicted octanol–water partition coefficient (Wildman–Crippen LogP) is 1.79. The van der Waals surface area contributed by atoms with E-state index in [9.17, 15) is 4.91 Å². The molecule has 0 bridgehead atoms. The second-order valence-corrected chi connectivity index (χ2v) is 4.41. The molecule has 1 aromatic rings. The molecule has 0 aliphatic carbocycles. The molecule has 1 N–H and O–H groups in total. The maximum absolute atomic E-state index is 10.9. The third-order valence-corrected chi connectivity index (χ3v) is 3.24. The summed E-state index contributed by atoms with van der Waals surface area (Å²) < 4.78 is 0. The predicted molar refractivity (Wildman–Crippen MR) is 68.9 cm³/mol. The van der Waals surface area contributed by atoms with Gasteiger partial charge in [-0.1, -0.05) is 35.5 Å². The lowest BCUT2D eigenvalue weighted by atomic mass is 10.0. The third-order valence-electron chi connectivity index (χ3n) is 3.24. The summed E-state index contributed by atoms with van der Waals surface area (Å²) in [5.41, 5.74) is 1.03. The van der Waals surface area contributed by atoms with E-state index in [0.29, 0.717) is 0 Å². The van der Waals surface area contributed by atoms with E-state index in [2.05, 4.69) is 15.4 Å². The van der Waals surface area contributed by atoms with Crippen LogP contribution in [0.5, 0.6) is 0 Å². The van der Waals surface area contributed by atoms with Crippen LogP contribution in [-0.2, 0) is 0 Å². The Morgan fingerprint density at radius 1 is 1.24 bits per heavy atom. The zero-order valence-corrected chi connectivity index (χ0v) is 10.0. The Bertz CT molecular complexity index is 336. The Kier molecular flexibility index (Phi) is 4.64. The first-order valence-electron chi connectivity index (χ1n) is 6.20. The average molecular weight is 233 g/mol. The summed E-state index contributed by atoms with van der Waals surface area (Å²) >= 11 is 0. The van der Waals surface area contributed by atoms with Crippen LogP contribution in [0.15, 0.2) is 35.5 Å². The highest BCUT2D eigenvalue weighted by Gasteiger charge is 2.15. The van der Waals surface area contributed by atoms with Gasteiger partial charge in [-0.05, 0) is 12.0 Å². The highest BCUT2D eigenvalue weighted by atomic mass is 16.3. The van der Waals surface area contributed by atoms with Crippen LogP contribution in [0.4, 0.5) is 0 Å². The van der Waals surface area contributed by atoms with Crippen LogP contribution in [0.3, 0.4) is 0 Å². The molecule has 0 spiro atoms. The van der Waals surface area contributed by atoms with E-state index in [4.69, 9.17) is 0 Å². The summed E-state index contributed by atoms with van der Waals surface area (Å²) in [4.78, 5) is 13.3. The summed E-state index contributed by atoms with van der Waals surface area (Å²) in [5, 5.41) is 6.57. The smallest absolute Gasteiger partial charge is 0.118 e. The number of rotatable bonds is 5. The van der Waals surface area contributed by atoms with Gasteiger partial charge >= 0.3 is 0 Å². The number of benzene rings is 1. The Morgan fingerprint density at radius 3 is 2.59 bits per heavy atom. The fourth-order valence-electron chi connectivity index (χ4n) is 2.20. The second kappa shape index (κ2) is 6.47. The lowest BCUT2D eigenvalue weighted by molar-refractivity contribution is 0.233. The molecule has 0 aromatic heterocycles. The van der Waals surface area contributed by atoms with E-state index in [-0.39, 0.29) is 6.04 Å². The minimum absolute atomic E-state index is 0.203. The van der Waals surface area contributed by atoms with E-state index >= 15 is 0 Å². The molecular formula is C13H19N3O. The highest BCUT2D eigenvalue weighted by Crippen LogP contribution is 2.20. The minimum Gasteiger partial charge on any atom is -0.314 e. The minimum atomic E-state index is -0.203. The number of nitroso groups, excluding NO2 is 1. The van der Waals surface area contributed by atoms with E-state index in [1.807, 2.05) is 30.3 Å². The molecule has 1 aliphatic heterocycles. The molecule has 1 atom stereocenters. The largest absolute Gasteiger partial charge is 0.314 e. The van der Waals surface area contributed by atoms with Gasteiger partial charge in [-0.3, -0.25) is 0 Å². The Hall–Kier alpha value is -1.26. The molecule has 0 saturated carbocycles. The lowest BCUT2D eigenvalue weighted by Gasteiger charge is -2.27. The molecule has 1 saturated heterocycles. The first-order valence-corrected chi connectivity index (χ1v) is 6.20. The number of nitrogens with one attached hydrogen (secondary N) is 1. The molecule has 1 aliphatic rings. The lowest BCUT2D eigenvalue weighted by Crippen LogP contribution is -2.43. The summed E-state index contributed by atoms with van der Waals surface area (Å²) in [6.07, 6.45) is 0.813. The maximum Gasteiger partial charge on any atom is 0.118 e. The van der Waals surface area contributed by atoms with E-state index in [0.717, 1.165) is 44.7 Å². The molecule has 1 aromatic carbocycles. The molecule has 92 valence electrons. The van der Waals surface area contributed by atoms with E-state index in [1.165, 1.54) is 0 Å². The first kappa shape index (κ1) is 12.2. The molecule has 1 fully saturated rings. The molecule has 4 heteroatoms. The van der Waals surface area contributed by atoms with Crippen LogP contribution in [-0.4, -0.2) is 37.6 Å². The average Bonchev–Trinajstić information content (AvgIpc) is 2.42. The fraction of sp³-hybridized carbons (Fsp3) is 0.538. The standard InChI is InChI=1S/C13H19N3O/c17-15-13(12-4-2-1-3-5-12)6-9-16-10-7-14-8-11-16/h1-5,13-14H,6-11H2. The van der Waals surface area contributed by atoms with Crippen molar-refractivity contribution in [3.8, 4) is 0 Å². The summed E-state index contributed by atoms with van der Waals surface area (Å²) in [6, 6.07) is 9.62. The van der Waals surface area contributed by atoms with Gasteiger partial charge in [-0.15, -0.1) is 0 Å². The van der Waals surface area contributed by atoms with Crippen molar-refractivity contribution in [2.75, 3.05) is 32.7 Å². The van der Waals surface area contributed by atoms with Crippen molar-refractivity contribution in [2.24, 2.45) is 5.18 Å². The zero-order valence-electron chi connectivity index (χ0n) is 10.0. The van der Waals surface area contributed by atoms with Gasteiger partial charge in [-0.25, -0.2) is 0 Å². The molecule has 4 nitrogen and oxygen atoms in total. The van der Waals surface area contributed by atoms with Crippen molar-refractivity contribution in [1.29, 1.82) is 0 Å². The van der Waals surface area contributed by atoms with E-state index in [1.54, 1.807) is 0 Å². The molecule has 1 unspecified atom stereocenters. The zero-order chi connectivity index (χ0) is 11.9. The van der Waals surface area contributed by atoms with Gasteiger partial charge in [0.25, 0.3) is 0 Å². The highest BCUT2D eigenvalue weighted by molar-refractivity contribution is 5.18. The monoisotopic (exact) mass is 233 g/mol. The van der Waals surface area contributed by atoms with Crippen molar-refractivity contribution in [3.63, 3.8) is 0 Å². The van der Waals surface area contributed by atoms with Crippen molar-refractivity contribution in [3.05, 3.63) is 40.8 Å². The molecule has 0 radical (unpaired) electrons. The van der Waals surface area contributed by atoms with Gasteiger partial charge in [0, 0.05) is 32.7 Å². The third kappa shape index (κ3) is 3.61.